The van der Waals surface area contributed by atoms with Gasteiger partial charge in [-0.15, -0.1) is 0 Å². The summed E-state index contributed by atoms with van der Waals surface area (Å²) in [5.41, 5.74) is 13.8. The van der Waals surface area contributed by atoms with Crippen LogP contribution in [0.5, 0.6) is 0 Å². The second kappa shape index (κ2) is 3.48. The first kappa shape index (κ1) is 8.91. The standard InChI is InChI=1S/C10H15N2/c1-7(2)5-8-3-4-9(11)10(12)6-8/h3-4,6H,5,11-12H2,1-2H3. The van der Waals surface area contributed by atoms with Gasteiger partial charge in [-0.2, -0.15) is 0 Å². The Labute approximate surface area is 73.6 Å². The van der Waals surface area contributed by atoms with Crippen LogP contribution in [0.15, 0.2) is 18.2 Å². The van der Waals surface area contributed by atoms with Crippen molar-refractivity contribution < 1.29 is 0 Å². The van der Waals surface area contributed by atoms with Gasteiger partial charge in [0.05, 0.1) is 11.4 Å². The van der Waals surface area contributed by atoms with Crippen molar-refractivity contribution in [1.82, 2.24) is 0 Å². The van der Waals surface area contributed by atoms with Crippen LogP contribution >= 0.6 is 0 Å². The molecule has 0 aliphatic carbocycles. The van der Waals surface area contributed by atoms with Gasteiger partial charge in [0.1, 0.15) is 0 Å². The van der Waals surface area contributed by atoms with E-state index in [1.54, 1.807) is 0 Å². The summed E-state index contributed by atoms with van der Waals surface area (Å²) < 4.78 is 0. The first-order valence-electron chi connectivity index (χ1n) is 4.02. The fourth-order valence-electron chi connectivity index (χ4n) is 1.14. The van der Waals surface area contributed by atoms with Crippen molar-refractivity contribution in [2.75, 3.05) is 11.5 Å². The highest BCUT2D eigenvalue weighted by atomic mass is 14.7. The fourth-order valence-corrected chi connectivity index (χ4v) is 1.14. The average molecular weight is 163 g/mol. The molecule has 0 aliphatic rings. The zero-order valence-corrected chi connectivity index (χ0v) is 7.59. The van der Waals surface area contributed by atoms with Gasteiger partial charge in [0.15, 0.2) is 0 Å². The van der Waals surface area contributed by atoms with Crippen LogP contribution in [0.1, 0.15) is 19.4 Å². The monoisotopic (exact) mass is 163 g/mol. The van der Waals surface area contributed by atoms with Crippen LogP contribution in [0.4, 0.5) is 11.4 Å². The number of rotatable bonds is 2. The van der Waals surface area contributed by atoms with E-state index in [9.17, 15) is 0 Å². The van der Waals surface area contributed by atoms with Gasteiger partial charge in [-0.1, -0.05) is 19.9 Å². The molecule has 12 heavy (non-hydrogen) atoms. The average Bonchev–Trinajstić information content (AvgIpc) is 1.96. The Hall–Kier alpha value is -1.18. The minimum absolute atomic E-state index is 0.660. The summed E-state index contributed by atoms with van der Waals surface area (Å²) >= 11 is 0. The number of hydrogen-bond donors (Lipinski definition) is 2. The Balaban J connectivity index is 2.82. The second-order valence-electron chi connectivity index (χ2n) is 3.35. The molecule has 0 bridgehead atoms. The van der Waals surface area contributed by atoms with Gasteiger partial charge in [0.2, 0.25) is 0 Å². The summed E-state index contributed by atoms with van der Waals surface area (Å²) in [6.45, 7) is 4.21. The van der Waals surface area contributed by atoms with Gasteiger partial charge in [-0.25, -0.2) is 0 Å². The minimum atomic E-state index is 0.660. The van der Waals surface area contributed by atoms with E-state index in [1.807, 2.05) is 18.2 Å². The Morgan fingerprint density at radius 2 is 1.83 bits per heavy atom. The van der Waals surface area contributed by atoms with Gasteiger partial charge in [-0.3, -0.25) is 0 Å². The van der Waals surface area contributed by atoms with Gasteiger partial charge in [0, 0.05) is 0 Å². The van der Waals surface area contributed by atoms with E-state index >= 15 is 0 Å². The Bertz CT molecular complexity index is 267. The summed E-state index contributed by atoms with van der Waals surface area (Å²) in [4.78, 5) is 0. The maximum Gasteiger partial charge on any atom is 0.0550 e. The molecule has 1 radical (unpaired) electrons. The zero-order valence-electron chi connectivity index (χ0n) is 7.59. The minimum Gasteiger partial charge on any atom is -0.397 e. The third-order valence-corrected chi connectivity index (χ3v) is 1.71. The van der Waals surface area contributed by atoms with Crippen molar-refractivity contribution >= 4 is 11.4 Å². The number of anilines is 2. The van der Waals surface area contributed by atoms with Gasteiger partial charge in [-0.05, 0) is 30.0 Å². The van der Waals surface area contributed by atoms with Crippen LogP contribution in [0.25, 0.3) is 0 Å². The van der Waals surface area contributed by atoms with Crippen LogP contribution in [-0.2, 0) is 6.42 Å². The molecule has 1 aromatic carbocycles. The Kier molecular flexibility index (Phi) is 2.58. The SMILES string of the molecule is C[C](C)Cc1ccc(N)c(N)c1. The summed E-state index contributed by atoms with van der Waals surface area (Å²) in [5, 5.41) is 0. The summed E-state index contributed by atoms with van der Waals surface area (Å²) in [7, 11) is 0. The Morgan fingerprint density at radius 3 is 2.33 bits per heavy atom. The summed E-state index contributed by atoms with van der Waals surface area (Å²) in [5.74, 6) is 1.37. The van der Waals surface area contributed by atoms with E-state index in [0.29, 0.717) is 11.4 Å². The predicted molar refractivity (Wildman–Crippen MR) is 53.6 cm³/mol. The molecule has 0 amide bonds. The first-order valence-corrected chi connectivity index (χ1v) is 4.02. The lowest BCUT2D eigenvalue weighted by Crippen LogP contribution is -1.97. The van der Waals surface area contributed by atoms with Crippen molar-refractivity contribution in [3.8, 4) is 0 Å². The van der Waals surface area contributed by atoms with Crippen molar-refractivity contribution in [3.05, 3.63) is 29.7 Å². The topological polar surface area (TPSA) is 52.0 Å². The van der Waals surface area contributed by atoms with Crippen LogP contribution < -0.4 is 11.5 Å². The van der Waals surface area contributed by atoms with E-state index in [1.165, 1.54) is 11.5 Å². The molecule has 0 fully saturated rings. The molecule has 0 saturated heterocycles. The van der Waals surface area contributed by atoms with Gasteiger partial charge >= 0.3 is 0 Å². The van der Waals surface area contributed by atoms with E-state index in [4.69, 9.17) is 11.5 Å². The lowest BCUT2D eigenvalue weighted by molar-refractivity contribution is 0.958. The van der Waals surface area contributed by atoms with Gasteiger partial charge in [0.25, 0.3) is 0 Å². The van der Waals surface area contributed by atoms with Crippen LogP contribution in [0.3, 0.4) is 0 Å². The van der Waals surface area contributed by atoms with E-state index in [0.717, 1.165) is 6.42 Å². The van der Waals surface area contributed by atoms with Crippen molar-refractivity contribution in [3.63, 3.8) is 0 Å². The lowest BCUT2D eigenvalue weighted by Gasteiger charge is -2.06. The lowest BCUT2D eigenvalue weighted by atomic mass is 10.0. The van der Waals surface area contributed by atoms with Crippen LogP contribution in [0.2, 0.25) is 0 Å². The third kappa shape index (κ3) is 2.16. The number of benzene rings is 1. The largest absolute Gasteiger partial charge is 0.397 e. The highest BCUT2D eigenvalue weighted by Gasteiger charge is 1.99. The van der Waals surface area contributed by atoms with Crippen LogP contribution in [-0.4, -0.2) is 0 Å². The highest BCUT2D eigenvalue weighted by Crippen LogP contribution is 2.18. The molecule has 65 valence electrons. The smallest absolute Gasteiger partial charge is 0.0550 e. The normalized spacial score (nSPS) is 10.6. The first-order chi connectivity index (χ1) is 5.59. The fraction of sp³-hybridized carbons (Fsp3) is 0.300. The maximum atomic E-state index is 5.66. The maximum absolute atomic E-state index is 5.66. The van der Waals surface area contributed by atoms with E-state index in [-0.39, 0.29) is 0 Å². The molecule has 2 heteroatoms. The molecule has 0 saturated carbocycles. The molecule has 2 nitrogen and oxygen atoms in total. The van der Waals surface area contributed by atoms with Crippen molar-refractivity contribution in [2.24, 2.45) is 0 Å². The predicted octanol–water partition coefficient (Wildman–Crippen LogP) is 2.01. The molecule has 0 heterocycles. The molecule has 0 aliphatic heterocycles. The molecule has 1 rings (SSSR count). The van der Waals surface area contributed by atoms with Crippen molar-refractivity contribution in [2.45, 2.75) is 20.3 Å². The number of hydrogen-bond acceptors (Lipinski definition) is 2. The molecular weight excluding hydrogens is 148 g/mol. The second-order valence-corrected chi connectivity index (χ2v) is 3.35. The van der Waals surface area contributed by atoms with Crippen LogP contribution in [0, 0.1) is 5.92 Å². The summed E-state index contributed by atoms with van der Waals surface area (Å²) in [6, 6.07) is 5.80. The molecule has 0 spiro atoms. The number of nitrogens with two attached hydrogens (primary N) is 2. The Morgan fingerprint density at radius 1 is 1.17 bits per heavy atom. The van der Waals surface area contributed by atoms with Crippen molar-refractivity contribution in [1.29, 1.82) is 0 Å². The van der Waals surface area contributed by atoms with E-state index in [2.05, 4.69) is 13.8 Å². The van der Waals surface area contributed by atoms with E-state index < -0.39 is 0 Å². The molecule has 1 aromatic rings. The molecule has 0 unspecified atom stereocenters. The molecule has 0 atom stereocenters. The van der Waals surface area contributed by atoms with Gasteiger partial charge < -0.3 is 11.5 Å². The molecular formula is C10H15N2. The molecule has 0 aromatic heterocycles. The zero-order chi connectivity index (χ0) is 9.14. The molecule has 4 N–H and O–H groups in total. The third-order valence-electron chi connectivity index (χ3n) is 1.71. The number of nitrogen functional groups attached to an aromatic ring is 2. The highest BCUT2D eigenvalue weighted by molar-refractivity contribution is 5.63. The summed E-state index contributed by atoms with van der Waals surface area (Å²) in [6.07, 6.45) is 0.977. The quantitative estimate of drug-likeness (QED) is 0.655.